The number of halogens is 1. The summed E-state index contributed by atoms with van der Waals surface area (Å²) in [5.74, 6) is 0.374. The van der Waals surface area contributed by atoms with Crippen molar-refractivity contribution >= 4 is 5.91 Å². The maximum absolute atomic E-state index is 12.9. The summed E-state index contributed by atoms with van der Waals surface area (Å²) in [6, 6.07) is 12.1. The maximum atomic E-state index is 12.9. The van der Waals surface area contributed by atoms with Crippen LogP contribution in [0.2, 0.25) is 0 Å². The molecule has 0 radical (unpaired) electrons. The van der Waals surface area contributed by atoms with E-state index in [9.17, 15) is 9.18 Å². The lowest BCUT2D eigenvalue weighted by atomic mass is 9.90. The van der Waals surface area contributed by atoms with Crippen LogP contribution in [0, 0.1) is 11.7 Å². The molecule has 2 aromatic rings. The van der Waals surface area contributed by atoms with Crippen molar-refractivity contribution in [3.8, 4) is 0 Å². The largest absolute Gasteiger partial charge is 0.337 e. The Balaban J connectivity index is 1.54. The number of pyridine rings is 1. The monoisotopic (exact) mass is 298 g/mol. The second kappa shape index (κ2) is 6.69. The first-order chi connectivity index (χ1) is 10.7. The van der Waals surface area contributed by atoms with Gasteiger partial charge in [-0.05, 0) is 55.0 Å². The zero-order chi connectivity index (χ0) is 15.4. The van der Waals surface area contributed by atoms with Gasteiger partial charge in [-0.3, -0.25) is 9.78 Å². The fraction of sp³-hybridized carbons (Fsp3) is 0.333. The Morgan fingerprint density at radius 2 is 1.86 bits per heavy atom. The van der Waals surface area contributed by atoms with Gasteiger partial charge in [-0.1, -0.05) is 18.2 Å². The lowest BCUT2D eigenvalue weighted by Gasteiger charge is -2.31. The number of carbonyl (C=O) groups excluding carboxylic acids is 1. The minimum Gasteiger partial charge on any atom is -0.337 e. The molecule has 2 heterocycles. The van der Waals surface area contributed by atoms with Crippen molar-refractivity contribution in [1.82, 2.24) is 9.88 Å². The van der Waals surface area contributed by atoms with Gasteiger partial charge in [0.1, 0.15) is 11.5 Å². The van der Waals surface area contributed by atoms with Crippen molar-refractivity contribution in [2.24, 2.45) is 5.92 Å². The fourth-order valence-corrected chi connectivity index (χ4v) is 2.95. The molecular weight excluding hydrogens is 279 g/mol. The van der Waals surface area contributed by atoms with Crippen LogP contribution in [0.25, 0.3) is 0 Å². The summed E-state index contributed by atoms with van der Waals surface area (Å²) in [6.45, 7) is 1.53. The van der Waals surface area contributed by atoms with Crippen LogP contribution >= 0.6 is 0 Å². The molecule has 0 unspecified atom stereocenters. The molecule has 3 nitrogen and oxygen atoms in total. The van der Waals surface area contributed by atoms with E-state index in [2.05, 4.69) is 4.98 Å². The van der Waals surface area contributed by atoms with E-state index in [1.807, 2.05) is 29.2 Å². The molecule has 0 aliphatic carbocycles. The molecule has 22 heavy (non-hydrogen) atoms. The Labute approximate surface area is 129 Å². The molecule has 1 amide bonds. The molecule has 0 atom stereocenters. The van der Waals surface area contributed by atoms with E-state index in [1.165, 1.54) is 12.1 Å². The predicted octanol–water partition coefficient (Wildman–Crippen LogP) is 3.32. The van der Waals surface area contributed by atoms with Gasteiger partial charge in [0.15, 0.2) is 0 Å². The van der Waals surface area contributed by atoms with Crippen LogP contribution in [0.4, 0.5) is 4.39 Å². The Kier molecular flexibility index (Phi) is 4.47. The molecule has 1 aromatic heterocycles. The number of piperidine rings is 1. The van der Waals surface area contributed by atoms with Crippen LogP contribution in [-0.4, -0.2) is 28.9 Å². The van der Waals surface area contributed by atoms with Crippen molar-refractivity contribution in [1.29, 1.82) is 0 Å². The second-order valence-corrected chi connectivity index (χ2v) is 5.78. The highest BCUT2D eigenvalue weighted by Gasteiger charge is 2.24. The second-order valence-electron chi connectivity index (χ2n) is 5.78. The van der Waals surface area contributed by atoms with Gasteiger partial charge in [-0.2, -0.15) is 0 Å². The lowest BCUT2D eigenvalue weighted by molar-refractivity contribution is 0.0684. The van der Waals surface area contributed by atoms with E-state index in [1.54, 1.807) is 12.3 Å². The van der Waals surface area contributed by atoms with Gasteiger partial charge in [0, 0.05) is 19.3 Å². The highest BCUT2D eigenvalue weighted by atomic mass is 19.1. The predicted molar refractivity (Wildman–Crippen MR) is 83.0 cm³/mol. The van der Waals surface area contributed by atoms with Crippen molar-refractivity contribution < 1.29 is 9.18 Å². The van der Waals surface area contributed by atoms with Crippen LogP contribution in [-0.2, 0) is 6.42 Å². The molecular formula is C18H19FN2O. The lowest BCUT2D eigenvalue weighted by Crippen LogP contribution is -2.39. The summed E-state index contributed by atoms with van der Waals surface area (Å²) in [5, 5.41) is 0. The van der Waals surface area contributed by atoms with E-state index in [4.69, 9.17) is 0 Å². The van der Waals surface area contributed by atoms with Gasteiger partial charge in [0.05, 0.1) is 0 Å². The van der Waals surface area contributed by atoms with Crippen LogP contribution in [0.5, 0.6) is 0 Å². The van der Waals surface area contributed by atoms with E-state index < -0.39 is 0 Å². The van der Waals surface area contributed by atoms with Gasteiger partial charge < -0.3 is 4.90 Å². The highest BCUT2D eigenvalue weighted by molar-refractivity contribution is 5.92. The van der Waals surface area contributed by atoms with Crippen LogP contribution < -0.4 is 0 Å². The van der Waals surface area contributed by atoms with Gasteiger partial charge >= 0.3 is 0 Å². The van der Waals surface area contributed by atoms with Crippen LogP contribution in [0.1, 0.15) is 28.9 Å². The molecule has 0 bridgehead atoms. The maximum Gasteiger partial charge on any atom is 0.272 e. The summed E-state index contributed by atoms with van der Waals surface area (Å²) >= 11 is 0. The van der Waals surface area contributed by atoms with Gasteiger partial charge in [-0.25, -0.2) is 4.39 Å². The number of carbonyl (C=O) groups is 1. The number of aromatic nitrogens is 1. The average Bonchev–Trinajstić information content (AvgIpc) is 2.58. The van der Waals surface area contributed by atoms with E-state index in [0.29, 0.717) is 11.6 Å². The third kappa shape index (κ3) is 3.50. The van der Waals surface area contributed by atoms with Gasteiger partial charge in [-0.15, -0.1) is 0 Å². The minimum absolute atomic E-state index is 0.0147. The molecule has 1 fully saturated rings. The third-order valence-corrected chi connectivity index (χ3v) is 4.22. The molecule has 1 aliphatic rings. The molecule has 0 N–H and O–H groups in total. The van der Waals surface area contributed by atoms with Crippen LogP contribution in [0.15, 0.2) is 48.7 Å². The SMILES string of the molecule is O=C(c1ccccn1)N1CCC(Cc2ccc(F)cc2)CC1. The summed E-state index contributed by atoms with van der Waals surface area (Å²) in [5.41, 5.74) is 1.68. The summed E-state index contributed by atoms with van der Waals surface area (Å²) < 4.78 is 12.9. The first-order valence-corrected chi connectivity index (χ1v) is 7.67. The topological polar surface area (TPSA) is 33.2 Å². The molecule has 4 heteroatoms. The smallest absolute Gasteiger partial charge is 0.272 e. The van der Waals surface area contributed by atoms with E-state index >= 15 is 0 Å². The van der Waals surface area contributed by atoms with Gasteiger partial charge in [0.2, 0.25) is 0 Å². The highest BCUT2D eigenvalue weighted by Crippen LogP contribution is 2.22. The molecule has 3 rings (SSSR count). The first kappa shape index (κ1) is 14.7. The standard InChI is InChI=1S/C18H19FN2O/c19-16-6-4-14(5-7-16)13-15-8-11-21(12-9-15)18(22)17-3-1-2-10-20-17/h1-7,10,15H,8-9,11-13H2. The number of benzene rings is 1. The number of hydrogen-bond acceptors (Lipinski definition) is 2. The number of likely N-dealkylation sites (tertiary alicyclic amines) is 1. The minimum atomic E-state index is -0.195. The van der Waals surface area contributed by atoms with Crippen molar-refractivity contribution in [3.63, 3.8) is 0 Å². The molecule has 1 aliphatic heterocycles. The zero-order valence-corrected chi connectivity index (χ0v) is 12.4. The third-order valence-electron chi connectivity index (χ3n) is 4.22. The van der Waals surface area contributed by atoms with Crippen molar-refractivity contribution in [2.75, 3.05) is 13.1 Å². The van der Waals surface area contributed by atoms with Gasteiger partial charge in [0.25, 0.3) is 5.91 Å². The summed E-state index contributed by atoms with van der Waals surface area (Å²) in [6.07, 6.45) is 4.56. The summed E-state index contributed by atoms with van der Waals surface area (Å²) in [7, 11) is 0. The summed E-state index contributed by atoms with van der Waals surface area (Å²) in [4.78, 5) is 18.3. The molecule has 0 spiro atoms. The van der Waals surface area contributed by atoms with Crippen molar-refractivity contribution in [3.05, 3.63) is 65.7 Å². The first-order valence-electron chi connectivity index (χ1n) is 7.67. The number of amides is 1. The normalized spacial score (nSPS) is 15.8. The quantitative estimate of drug-likeness (QED) is 0.871. The molecule has 1 saturated heterocycles. The molecule has 0 saturated carbocycles. The fourth-order valence-electron chi connectivity index (χ4n) is 2.95. The average molecular weight is 298 g/mol. The Bertz CT molecular complexity index is 619. The Morgan fingerprint density at radius 3 is 2.50 bits per heavy atom. The van der Waals surface area contributed by atoms with E-state index in [0.717, 1.165) is 37.9 Å². The molecule has 114 valence electrons. The van der Waals surface area contributed by atoms with Crippen molar-refractivity contribution in [2.45, 2.75) is 19.3 Å². The van der Waals surface area contributed by atoms with Crippen LogP contribution in [0.3, 0.4) is 0 Å². The Morgan fingerprint density at radius 1 is 1.14 bits per heavy atom. The van der Waals surface area contributed by atoms with E-state index in [-0.39, 0.29) is 11.7 Å². The Hall–Kier alpha value is -2.23. The number of nitrogens with zero attached hydrogens (tertiary/aromatic N) is 2. The molecule has 1 aromatic carbocycles. The number of rotatable bonds is 3. The zero-order valence-electron chi connectivity index (χ0n) is 12.4. The number of hydrogen-bond donors (Lipinski definition) is 0.